The lowest BCUT2D eigenvalue weighted by molar-refractivity contribution is -0.146. The molecule has 0 spiro atoms. The Morgan fingerprint density at radius 2 is 2.06 bits per heavy atom. The van der Waals surface area contributed by atoms with Gasteiger partial charge in [-0.1, -0.05) is 18.2 Å². The highest BCUT2D eigenvalue weighted by Crippen LogP contribution is 2.19. The Labute approximate surface area is 101 Å². The van der Waals surface area contributed by atoms with Crippen molar-refractivity contribution < 1.29 is 14.3 Å². The van der Waals surface area contributed by atoms with Gasteiger partial charge in [0.05, 0.1) is 5.41 Å². The highest BCUT2D eigenvalue weighted by atomic mass is 19.1. The van der Waals surface area contributed by atoms with Crippen LogP contribution in [0.15, 0.2) is 24.3 Å². The number of carboxylic acid groups (broad SMARTS) is 1. The molecule has 0 aromatic heterocycles. The Kier molecular flexibility index (Phi) is 4.23. The van der Waals surface area contributed by atoms with E-state index in [1.165, 1.54) is 6.07 Å². The van der Waals surface area contributed by atoms with E-state index in [1.807, 2.05) is 6.92 Å². The first-order valence-corrected chi connectivity index (χ1v) is 5.56. The summed E-state index contributed by atoms with van der Waals surface area (Å²) in [6.45, 7) is 5.38. The lowest BCUT2D eigenvalue weighted by atomic mass is 9.93. The normalized spacial score (nSPS) is 13.4. The van der Waals surface area contributed by atoms with Crippen LogP contribution in [0.4, 0.5) is 4.39 Å². The van der Waals surface area contributed by atoms with Crippen molar-refractivity contribution in [2.24, 2.45) is 5.41 Å². The standard InChI is InChI=1S/C13H18FNO2/c1-9(10-6-4-5-7-11(10)14)15-8-13(2,3)12(16)17/h4-7,9,15H,8H2,1-3H3,(H,16,17)/t9-/m1/s1. The maximum atomic E-state index is 13.5. The first-order chi connectivity index (χ1) is 7.84. The van der Waals surface area contributed by atoms with E-state index in [1.54, 1.807) is 32.0 Å². The fourth-order valence-electron chi connectivity index (χ4n) is 1.42. The van der Waals surface area contributed by atoms with Crippen LogP contribution in [0.25, 0.3) is 0 Å². The summed E-state index contributed by atoms with van der Waals surface area (Å²) in [5, 5.41) is 12.0. The number of halogens is 1. The van der Waals surface area contributed by atoms with Crippen molar-refractivity contribution in [3.05, 3.63) is 35.6 Å². The first kappa shape index (κ1) is 13.6. The van der Waals surface area contributed by atoms with Gasteiger partial charge in [-0.3, -0.25) is 4.79 Å². The van der Waals surface area contributed by atoms with Gasteiger partial charge < -0.3 is 10.4 Å². The number of rotatable bonds is 5. The second-order valence-corrected chi connectivity index (χ2v) is 4.81. The number of carboxylic acids is 1. The van der Waals surface area contributed by atoms with E-state index in [0.29, 0.717) is 5.56 Å². The minimum atomic E-state index is -0.870. The Balaban J connectivity index is 2.65. The van der Waals surface area contributed by atoms with Crippen LogP contribution in [0.5, 0.6) is 0 Å². The Morgan fingerprint density at radius 3 is 2.59 bits per heavy atom. The Bertz CT molecular complexity index is 404. The molecular formula is C13H18FNO2. The van der Waals surface area contributed by atoms with Crippen LogP contribution in [0, 0.1) is 11.2 Å². The summed E-state index contributed by atoms with van der Waals surface area (Å²) < 4.78 is 13.5. The van der Waals surface area contributed by atoms with Crippen LogP contribution < -0.4 is 5.32 Å². The van der Waals surface area contributed by atoms with Crippen LogP contribution in [0.3, 0.4) is 0 Å². The molecule has 94 valence electrons. The summed E-state index contributed by atoms with van der Waals surface area (Å²) in [5.74, 6) is -1.15. The lowest BCUT2D eigenvalue weighted by Crippen LogP contribution is -2.37. The molecule has 1 aromatic carbocycles. The quantitative estimate of drug-likeness (QED) is 0.830. The fraction of sp³-hybridized carbons (Fsp3) is 0.462. The van der Waals surface area contributed by atoms with Crippen LogP contribution in [0.1, 0.15) is 32.4 Å². The molecule has 0 bridgehead atoms. The average molecular weight is 239 g/mol. The largest absolute Gasteiger partial charge is 0.481 e. The molecule has 1 aromatic rings. The molecule has 17 heavy (non-hydrogen) atoms. The number of aliphatic carboxylic acids is 1. The maximum Gasteiger partial charge on any atom is 0.310 e. The molecule has 0 radical (unpaired) electrons. The highest BCUT2D eigenvalue weighted by Gasteiger charge is 2.27. The summed E-state index contributed by atoms with van der Waals surface area (Å²) in [7, 11) is 0. The number of carbonyl (C=O) groups is 1. The molecule has 0 saturated carbocycles. The number of hydrogen-bond acceptors (Lipinski definition) is 2. The highest BCUT2D eigenvalue weighted by molar-refractivity contribution is 5.73. The van der Waals surface area contributed by atoms with Gasteiger partial charge in [0.1, 0.15) is 5.82 Å². The van der Waals surface area contributed by atoms with Gasteiger partial charge >= 0.3 is 5.97 Å². The third-order valence-electron chi connectivity index (χ3n) is 2.80. The molecular weight excluding hydrogens is 221 g/mol. The van der Waals surface area contributed by atoms with E-state index in [2.05, 4.69) is 5.32 Å². The smallest absolute Gasteiger partial charge is 0.310 e. The summed E-state index contributed by atoms with van der Waals surface area (Å²) >= 11 is 0. The molecule has 2 N–H and O–H groups in total. The molecule has 4 heteroatoms. The number of nitrogens with one attached hydrogen (secondary N) is 1. The van der Waals surface area contributed by atoms with E-state index in [0.717, 1.165) is 0 Å². The molecule has 0 aliphatic carbocycles. The van der Waals surface area contributed by atoms with Gasteiger partial charge in [0.2, 0.25) is 0 Å². The zero-order chi connectivity index (χ0) is 13.1. The van der Waals surface area contributed by atoms with Crippen LogP contribution in [0.2, 0.25) is 0 Å². The van der Waals surface area contributed by atoms with Crippen molar-refractivity contribution in [2.45, 2.75) is 26.8 Å². The summed E-state index contributed by atoms with van der Waals surface area (Å²) in [5.41, 5.74) is -0.312. The third-order valence-corrected chi connectivity index (χ3v) is 2.80. The maximum absolute atomic E-state index is 13.5. The minimum Gasteiger partial charge on any atom is -0.481 e. The van der Waals surface area contributed by atoms with Crippen molar-refractivity contribution in [3.8, 4) is 0 Å². The summed E-state index contributed by atoms with van der Waals surface area (Å²) in [4.78, 5) is 10.9. The van der Waals surface area contributed by atoms with E-state index in [9.17, 15) is 9.18 Å². The van der Waals surface area contributed by atoms with Gasteiger partial charge in [-0.15, -0.1) is 0 Å². The van der Waals surface area contributed by atoms with Gasteiger partial charge in [-0.25, -0.2) is 4.39 Å². The van der Waals surface area contributed by atoms with E-state index >= 15 is 0 Å². The molecule has 0 amide bonds. The molecule has 1 atom stereocenters. The van der Waals surface area contributed by atoms with Gasteiger partial charge in [0.25, 0.3) is 0 Å². The van der Waals surface area contributed by atoms with Crippen molar-refractivity contribution >= 4 is 5.97 Å². The molecule has 0 saturated heterocycles. The Morgan fingerprint density at radius 1 is 1.47 bits per heavy atom. The number of hydrogen-bond donors (Lipinski definition) is 2. The van der Waals surface area contributed by atoms with Gasteiger partial charge in [0.15, 0.2) is 0 Å². The minimum absolute atomic E-state index is 0.213. The molecule has 0 aliphatic heterocycles. The molecule has 1 rings (SSSR count). The second-order valence-electron chi connectivity index (χ2n) is 4.81. The fourth-order valence-corrected chi connectivity index (χ4v) is 1.42. The molecule has 0 aliphatic rings. The van der Waals surface area contributed by atoms with Crippen LogP contribution in [-0.2, 0) is 4.79 Å². The molecule has 3 nitrogen and oxygen atoms in total. The predicted octanol–water partition coefficient (Wildman–Crippen LogP) is 2.59. The molecule has 0 fully saturated rings. The van der Waals surface area contributed by atoms with Crippen molar-refractivity contribution in [3.63, 3.8) is 0 Å². The van der Waals surface area contributed by atoms with Crippen LogP contribution in [-0.4, -0.2) is 17.6 Å². The lowest BCUT2D eigenvalue weighted by Gasteiger charge is -2.23. The van der Waals surface area contributed by atoms with Crippen molar-refractivity contribution in [1.82, 2.24) is 5.32 Å². The molecule has 0 unspecified atom stereocenters. The van der Waals surface area contributed by atoms with Crippen molar-refractivity contribution in [2.75, 3.05) is 6.54 Å². The topological polar surface area (TPSA) is 49.3 Å². The SMILES string of the molecule is C[C@@H](NCC(C)(C)C(=O)O)c1ccccc1F. The average Bonchev–Trinajstić information content (AvgIpc) is 2.26. The van der Waals surface area contributed by atoms with E-state index in [-0.39, 0.29) is 18.4 Å². The molecule has 0 heterocycles. The summed E-state index contributed by atoms with van der Waals surface area (Å²) in [6, 6.07) is 6.28. The van der Waals surface area contributed by atoms with Crippen LogP contribution >= 0.6 is 0 Å². The predicted molar refractivity (Wildman–Crippen MR) is 64.2 cm³/mol. The first-order valence-electron chi connectivity index (χ1n) is 5.56. The monoisotopic (exact) mass is 239 g/mol. The van der Waals surface area contributed by atoms with E-state index in [4.69, 9.17) is 5.11 Å². The van der Waals surface area contributed by atoms with Gasteiger partial charge in [-0.05, 0) is 26.8 Å². The zero-order valence-electron chi connectivity index (χ0n) is 10.3. The zero-order valence-corrected chi connectivity index (χ0v) is 10.3. The third kappa shape index (κ3) is 3.53. The summed E-state index contributed by atoms with van der Waals surface area (Å²) in [6.07, 6.45) is 0. The Hall–Kier alpha value is -1.42. The second kappa shape index (κ2) is 5.27. The van der Waals surface area contributed by atoms with Gasteiger partial charge in [-0.2, -0.15) is 0 Å². The van der Waals surface area contributed by atoms with Gasteiger partial charge in [0, 0.05) is 18.2 Å². The van der Waals surface area contributed by atoms with E-state index < -0.39 is 11.4 Å². The van der Waals surface area contributed by atoms with Crippen molar-refractivity contribution in [1.29, 1.82) is 0 Å². The number of benzene rings is 1.